The lowest BCUT2D eigenvalue weighted by Crippen LogP contribution is -2.38. The van der Waals surface area contributed by atoms with Crippen LogP contribution in [0.5, 0.6) is 0 Å². The van der Waals surface area contributed by atoms with Crippen LogP contribution in [0.3, 0.4) is 0 Å². The highest BCUT2D eigenvalue weighted by atomic mass is 32.1. The zero-order valence-electron chi connectivity index (χ0n) is 16.1. The van der Waals surface area contributed by atoms with Gasteiger partial charge in [-0.25, -0.2) is 9.37 Å². The number of anilines is 1. The Morgan fingerprint density at radius 3 is 2.57 bits per heavy atom. The highest BCUT2D eigenvalue weighted by molar-refractivity contribution is 7.22. The van der Waals surface area contributed by atoms with Crippen LogP contribution in [0.1, 0.15) is 19.4 Å². The Bertz CT molecular complexity index is 951. The van der Waals surface area contributed by atoms with Crippen molar-refractivity contribution in [3.8, 4) is 0 Å². The third-order valence-electron chi connectivity index (χ3n) is 4.59. The molecule has 0 aliphatic heterocycles. The first-order valence-electron chi connectivity index (χ1n) is 9.43. The van der Waals surface area contributed by atoms with Gasteiger partial charge in [-0.15, -0.1) is 0 Å². The number of hydrogen-bond donors (Lipinski definition) is 0. The van der Waals surface area contributed by atoms with Crippen LogP contribution in [0, 0.1) is 5.82 Å². The minimum absolute atomic E-state index is 0.129. The number of halogens is 1. The van der Waals surface area contributed by atoms with Gasteiger partial charge in [-0.2, -0.15) is 0 Å². The second-order valence-electron chi connectivity index (χ2n) is 6.37. The Balaban J connectivity index is 1.86. The summed E-state index contributed by atoms with van der Waals surface area (Å²) in [5, 5.41) is 0.593. The second-order valence-corrected chi connectivity index (χ2v) is 7.38. The van der Waals surface area contributed by atoms with Crippen LogP contribution in [-0.4, -0.2) is 42.0 Å². The summed E-state index contributed by atoms with van der Waals surface area (Å²) in [6, 6.07) is 14.2. The van der Waals surface area contributed by atoms with Gasteiger partial charge in [0.1, 0.15) is 5.82 Å². The molecule has 0 fully saturated rings. The van der Waals surface area contributed by atoms with E-state index < -0.39 is 0 Å². The van der Waals surface area contributed by atoms with Crippen LogP contribution in [0.15, 0.2) is 54.6 Å². The van der Waals surface area contributed by atoms with Gasteiger partial charge in [-0.05, 0) is 42.9 Å². The quantitative estimate of drug-likeness (QED) is 0.511. The van der Waals surface area contributed by atoms with Crippen molar-refractivity contribution in [3.05, 3.63) is 66.0 Å². The van der Waals surface area contributed by atoms with Gasteiger partial charge in [0.25, 0.3) is 5.91 Å². The predicted molar refractivity (Wildman–Crippen MR) is 115 cm³/mol. The lowest BCUT2D eigenvalue weighted by atomic mass is 10.2. The van der Waals surface area contributed by atoms with E-state index in [1.165, 1.54) is 23.5 Å². The molecule has 1 heterocycles. The summed E-state index contributed by atoms with van der Waals surface area (Å²) in [5.74, 6) is -0.428. The zero-order valence-corrected chi connectivity index (χ0v) is 17.0. The standard InChI is InChI=1S/C22H24FN3OS/c1-3-25(4-2)14-15-26(21(27)13-10-17-8-6-5-7-9-17)22-24-19-12-11-18(23)16-20(19)28-22/h5-13,16H,3-4,14-15H2,1-2H3. The van der Waals surface area contributed by atoms with Gasteiger partial charge in [0.05, 0.1) is 10.2 Å². The molecule has 0 aliphatic carbocycles. The fourth-order valence-electron chi connectivity index (χ4n) is 2.90. The summed E-state index contributed by atoms with van der Waals surface area (Å²) in [5.41, 5.74) is 1.67. The molecule has 3 aromatic rings. The maximum Gasteiger partial charge on any atom is 0.252 e. The van der Waals surface area contributed by atoms with Crippen LogP contribution >= 0.6 is 11.3 Å². The lowest BCUT2D eigenvalue weighted by molar-refractivity contribution is -0.114. The predicted octanol–water partition coefficient (Wildman–Crippen LogP) is 4.82. The molecule has 3 rings (SSSR count). The van der Waals surface area contributed by atoms with Gasteiger partial charge in [-0.3, -0.25) is 9.69 Å². The van der Waals surface area contributed by atoms with E-state index in [0.29, 0.717) is 17.2 Å². The third kappa shape index (κ3) is 5.03. The average Bonchev–Trinajstić information content (AvgIpc) is 3.13. The molecule has 0 N–H and O–H groups in total. The monoisotopic (exact) mass is 397 g/mol. The van der Waals surface area contributed by atoms with E-state index in [0.717, 1.165) is 29.9 Å². The smallest absolute Gasteiger partial charge is 0.252 e. The molecule has 28 heavy (non-hydrogen) atoms. The van der Waals surface area contributed by atoms with E-state index in [-0.39, 0.29) is 11.7 Å². The van der Waals surface area contributed by atoms with Crippen molar-refractivity contribution in [3.63, 3.8) is 0 Å². The normalized spacial score (nSPS) is 11.6. The number of thiazole rings is 1. The van der Waals surface area contributed by atoms with Crippen LogP contribution in [0.2, 0.25) is 0 Å². The molecule has 4 nitrogen and oxygen atoms in total. The number of aromatic nitrogens is 1. The van der Waals surface area contributed by atoms with Crippen LogP contribution < -0.4 is 4.90 Å². The van der Waals surface area contributed by atoms with E-state index in [1.54, 1.807) is 23.1 Å². The van der Waals surface area contributed by atoms with Crippen LogP contribution in [0.25, 0.3) is 16.3 Å². The Labute approximate surface area is 168 Å². The highest BCUT2D eigenvalue weighted by Crippen LogP contribution is 2.29. The number of carbonyl (C=O) groups excluding carboxylic acids is 1. The van der Waals surface area contributed by atoms with Crippen LogP contribution in [0.4, 0.5) is 9.52 Å². The minimum atomic E-state index is -0.298. The number of amides is 1. The fraction of sp³-hybridized carbons (Fsp3) is 0.273. The summed E-state index contributed by atoms with van der Waals surface area (Å²) < 4.78 is 14.3. The molecule has 0 saturated heterocycles. The lowest BCUT2D eigenvalue weighted by Gasteiger charge is -2.23. The number of hydrogen-bond acceptors (Lipinski definition) is 4. The summed E-state index contributed by atoms with van der Waals surface area (Å²) >= 11 is 1.34. The average molecular weight is 398 g/mol. The summed E-state index contributed by atoms with van der Waals surface area (Å²) in [4.78, 5) is 21.5. The Hall–Kier alpha value is -2.57. The molecular formula is C22H24FN3OS. The van der Waals surface area contributed by atoms with Crippen molar-refractivity contribution in [2.45, 2.75) is 13.8 Å². The van der Waals surface area contributed by atoms with Crippen molar-refractivity contribution in [2.24, 2.45) is 0 Å². The first-order chi connectivity index (χ1) is 13.6. The maximum atomic E-state index is 13.5. The molecular weight excluding hydrogens is 373 g/mol. The molecule has 1 amide bonds. The van der Waals surface area contributed by atoms with E-state index >= 15 is 0 Å². The molecule has 6 heteroatoms. The molecule has 146 valence electrons. The molecule has 0 radical (unpaired) electrons. The Morgan fingerprint density at radius 2 is 1.86 bits per heavy atom. The number of carbonyl (C=O) groups is 1. The number of fused-ring (bicyclic) bond motifs is 1. The Morgan fingerprint density at radius 1 is 1.11 bits per heavy atom. The molecule has 0 unspecified atom stereocenters. The van der Waals surface area contributed by atoms with Crippen molar-refractivity contribution >= 4 is 38.7 Å². The Kier molecular flexibility index (Phi) is 6.90. The van der Waals surface area contributed by atoms with Gasteiger partial charge in [0.15, 0.2) is 5.13 Å². The van der Waals surface area contributed by atoms with Crippen molar-refractivity contribution < 1.29 is 9.18 Å². The number of rotatable bonds is 8. The summed E-state index contributed by atoms with van der Waals surface area (Å²) in [6.07, 6.45) is 3.38. The minimum Gasteiger partial charge on any atom is -0.302 e. The van der Waals surface area contributed by atoms with Crippen molar-refractivity contribution in [2.75, 3.05) is 31.1 Å². The molecule has 0 aliphatic rings. The fourth-order valence-corrected chi connectivity index (χ4v) is 3.93. The van der Waals surface area contributed by atoms with Gasteiger partial charge >= 0.3 is 0 Å². The van der Waals surface area contributed by atoms with E-state index in [4.69, 9.17) is 0 Å². The SMILES string of the molecule is CCN(CC)CCN(C(=O)C=Cc1ccccc1)c1nc2ccc(F)cc2s1. The van der Waals surface area contributed by atoms with Gasteiger partial charge < -0.3 is 4.90 Å². The molecule has 0 bridgehead atoms. The molecule has 1 aromatic heterocycles. The van der Waals surface area contributed by atoms with Crippen molar-refractivity contribution in [1.82, 2.24) is 9.88 Å². The number of benzene rings is 2. The maximum absolute atomic E-state index is 13.5. The zero-order chi connectivity index (χ0) is 19.9. The van der Waals surface area contributed by atoms with E-state index in [2.05, 4.69) is 23.7 Å². The third-order valence-corrected chi connectivity index (χ3v) is 5.63. The van der Waals surface area contributed by atoms with E-state index in [1.807, 2.05) is 30.3 Å². The molecule has 2 aromatic carbocycles. The van der Waals surface area contributed by atoms with E-state index in [9.17, 15) is 9.18 Å². The topological polar surface area (TPSA) is 36.4 Å². The first kappa shape index (κ1) is 20.2. The molecule has 0 atom stereocenters. The highest BCUT2D eigenvalue weighted by Gasteiger charge is 2.19. The number of likely N-dealkylation sites (N-methyl/N-ethyl adjacent to an activating group) is 1. The van der Waals surface area contributed by atoms with Crippen LogP contribution in [-0.2, 0) is 4.79 Å². The first-order valence-corrected chi connectivity index (χ1v) is 10.3. The second kappa shape index (κ2) is 9.57. The van der Waals surface area contributed by atoms with Gasteiger partial charge in [0, 0.05) is 19.2 Å². The summed E-state index contributed by atoms with van der Waals surface area (Å²) in [6.45, 7) is 7.33. The number of nitrogens with zero attached hydrogens (tertiary/aromatic N) is 3. The van der Waals surface area contributed by atoms with Crippen molar-refractivity contribution in [1.29, 1.82) is 0 Å². The molecule has 0 saturated carbocycles. The molecule has 0 spiro atoms. The van der Waals surface area contributed by atoms with Gasteiger partial charge in [-0.1, -0.05) is 55.5 Å². The largest absolute Gasteiger partial charge is 0.302 e. The van der Waals surface area contributed by atoms with Gasteiger partial charge in [0.2, 0.25) is 0 Å². The summed E-state index contributed by atoms with van der Waals surface area (Å²) in [7, 11) is 0.